The van der Waals surface area contributed by atoms with Crippen LogP contribution in [0.5, 0.6) is 0 Å². The lowest BCUT2D eigenvalue weighted by Crippen LogP contribution is -1.93. The Hall–Kier alpha value is -5.74. The second-order valence-electron chi connectivity index (χ2n) is 10.7. The zero-order valence-corrected chi connectivity index (χ0v) is 22.5. The number of furan rings is 1. The molecule has 4 heteroatoms. The molecule has 0 aliphatic carbocycles. The maximum absolute atomic E-state index is 6.50. The average molecular weight is 538 g/mol. The molecule has 6 aromatic carbocycles. The van der Waals surface area contributed by atoms with Crippen LogP contribution >= 0.6 is 0 Å². The molecule has 0 unspecified atom stereocenters. The van der Waals surface area contributed by atoms with Gasteiger partial charge in [0.1, 0.15) is 23.1 Å². The summed E-state index contributed by atoms with van der Waals surface area (Å²) < 4.78 is 8.84. The van der Waals surface area contributed by atoms with Crippen LogP contribution in [0.25, 0.3) is 82.7 Å². The Morgan fingerprint density at radius 2 is 1.17 bits per heavy atom. The largest absolute Gasteiger partial charge is 0.451 e. The van der Waals surface area contributed by atoms with Gasteiger partial charge in [-0.25, -0.2) is 9.97 Å². The molecular formula is C38H23N3O. The first-order valence-corrected chi connectivity index (χ1v) is 14.1. The van der Waals surface area contributed by atoms with Gasteiger partial charge in [-0.1, -0.05) is 97.1 Å². The fraction of sp³-hybridized carbons (Fsp3) is 0. The number of aromatic nitrogens is 3. The summed E-state index contributed by atoms with van der Waals surface area (Å²) in [6.45, 7) is 0. The van der Waals surface area contributed by atoms with Crippen LogP contribution in [0.2, 0.25) is 0 Å². The molecule has 9 rings (SSSR count). The van der Waals surface area contributed by atoms with Crippen LogP contribution in [-0.4, -0.2) is 14.5 Å². The number of benzene rings is 6. The van der Waals surface area contributed by atoms with Gasteiger partial charge >= 0.3 is 0 Å². The van der Waals surface area contributed by atoms with Crippen molar-refractivity contribution in [3.63, 3.8) is 0 Å². The molecule has 3 heterocycles. The van der Waals surface area contributed by atoms with E-state index in [2.05, 4.69) is 136 Å². The van der Waals surface area contributed by atoms with Gasteiger partial charge in [0, 0.05) is 32.8 Å². The Bertz CT molecular complexity index is 2410. The number of fused-ring (bicyclic) bond motifs is 8. The van der Waals surface area contributed by atoms with E-state index < -0.39 is 0 Å². The highest BCUT2D eigenvalue weighted by molar-refractivity contribution is 6.15. The van der Waals surface area contributed by atoms with E-state index in [1.807, 2.05) is 12.1 Å². The fourth-order valence-electron chi connectivity index (χ4n) is 6.36. The fourth-order valence-corrected chi connectivity index (χ4v) is 6.36. The highest BCUT2D eigenvalue weighted by Crippen LogP contribution is 2.38. The number of para-hydroxylation sites is 2. The molecule has 0 saturated heterocycles. The first-order valence-electron chi connectivity index (χ1n) is 14.1. The lowest BCUT2D eigenvalue weighted by atomic mass is 10.0. The maximum Gasteiger partial charge on any atom is 0.180 e. The molecule has 0 saturated carbocycles. The quantitative estimate of drug-likeness (QED) is 0.225. The summed E-state index contributed by atoms with van der Waals surface area (Å²) in [5.41, 5.74) is 10.0. The van der Waals surface area contributed by atoms with Crippen molar-refractivity contribution in [2.75, 3.05) is 0 Å². The molecule has 0 radical (unpaired) electrons. The Morgan fingerprint density at radius 3 is 1.95 bits per heavy atom. The van der Waals surface area contributed by atoms with Gasteiger partial charge in [0.25, 0.3) is 0 Å². The summed E-state index contributed by atoms with van der Waals surface area (Å²) in [6, 6.07) is 47.0. The van der Waals surface area contributed by atoms with E-state index in [4.69, 9.17) is 4.42 Å². The molecule has 196 valence electrons. The van der Waals surface area contributed by atoms with Crippen LogP contribution in [0, 0.1) is 0 Å². The van der Waals surface area contributed by atoms with Crippen LogP contribution in [0.1, 0.15) is 0 Å². The molecule has 9 aromatic rings. The molecule has 0 spiro atoms. The van der Waals surface area contributed by atoms with Crippen molar-refractivity contribution in [3.8, 4) is 28.1 Å². The second-order valence-corrected chi connectivity index (χ2v) is 10.7. The van der Waals surface area contributed by atoms with Crippen LogP contribution in [0.4, 0.5) is 0 Å². The molecule has 42 heavy (non-hydrogen) atoms. The zero-order chi connectivity index (χ0) is 27.6. The number of hydrogen-bond acceptors (Lipinski definition) is 3. The minimum absolute atomic E-state index is 0.711. The average Bonchev–Trinajstić information content (AvgIpc) is 3.61. The van der Waals surface area contributed by atoms with Crippen molar-refractivity contribution >= 4 is 54.6 Å². The van der Waals surface area contributed by atoms with Gasteiger partial charge in [-0.2, -0.15) is 0 Å². The predicted molar refractivity (Wildman–Crippen MR) is 172 cm³/mol. The van der Waals surface area contributed by atoms with E-state index in [0.717, 1.165) is 55.3 Å². The number of hydrogen-bond donors (Lipinski definition) is 0. The van der Waals surface area contributed by atoms with Gasteiger partial charge in [-0.15, -0.1) is 0 Å². The Labute approximate surface area is 241 Å². The van der Waals surface area contributed by atoms with E-state index in [1.54, 1.807) is 6.33 Å². The number of nitrogens with zero attached hydrogens (tertiary/aromatic N) is 3. The summed E-state index contributed by atoms with van der Waals surface area (Å²) in [4.78, 5) is 9.30. The van der Waals surface area contributed by atoms with Crippen molar-refractivity contribution in [2.45, 2.75) is 0 Å². The molecule has 0 N–H and O–H groups in total. The first kappa shape index (κ1) is 23.0. The number of rotatable bonds is 3. The molecule has 3 aromatic heterocycles. The normalized spacial score (nSPS) is 11.8. The van der Waals surface area contributed by atoms with Crippen LogP contribution in [0.15, 0.2) is 144 Å². The first-order chi connectivity index (χ1) is 20.8. The predicted octanol–water partition coefficient (Wildman–Crippen LogP) is 9.96. The molecular weight excluding hydrogens is 514 g/mol. The Morgan fingerprint density at radius 1 is 0.476 bits per heavy atom. The monoisotopic (exact) mass is 537 g/mol. The van der Waals surface area contributed by atoms with Crippen molar-refractivity contribution in [3.05, 3.63) is 140 Å². The second kappa shape index (κ2) is 8.88. The van der Waals surface area contributed by atoms with Crippen LogP contribution in [0.3, 0.4) is 0 Å². The van der Waals surface area contributed by atoms with E-state index >= 15 is 0 Å². The SMILES string of the molecule is c1cc(-c2ccc(-n3c4ccccc4c4ccccc43)cc2)cc(-c2ncnc3c2oc2c4ccccc4ccc32)c1. The van der Waals surface area contributed by atoms with Crippen LogP contribution in [-0.2, 0) is 0 Å². The third-order valence-corrected chi connectivity index (χ3v) is 8.32. The van der Waals surface area contributed by atoms with Crippen LogP contribution < -0.4 is 0 Å². The third-order valence-electron chi connectivity index (χ3n) is 8.32. The lowest BCUT2D eigenvalue weighted by molar-refractivity contribution is 0.671. The maximum atomic E-state index is 6.50. The van der Waals surface area contributed by atoms with E-state index in [1.165, 1.54) is 21.8 Å². The molecule has 4 nitrogen and oxygen atoms in total. The minimum Gasteiger partial charge on any atom is -0.451 e. The summed E-state index contributed by atoms with van der Waals surface area (Å²) in [5, 5.41) is 5.75. The van der Waals surface area contributed by atoms with Crippen molar-refractivity contribution in [1.82, 2.24) is 14.5 Å². The standard InChI is InChI=1S/C38H23N3O/c1-2-11-29-25(8-1)18-21-32-36-38(42-37(29)32)35(39-23-40-36)27-10-7-9-26(22-27)24-16-19-28(20-17-24)41-33-14-5-3-12-30(33)31-13-4-6-15-34(31)41/h1-23H. The van der Waals surface area contributed by atoms with Crippen molar-refractivity contribution in [2.24, 2.45) is 0 Å². The lowest BCUT2D eigenvalue weighted by Gasteiger charge is -2.10. The van der Waals surface area contributed by atoms with Gasteiger partial charge in [-0.05, 0) is 52.9 Å². The van der Waals surface area contributed by atoms with Gasteiger partial charge < -0.3 is 8.98 Å². The van der Waals surface area contributed by atoms with Gasteiger partial charge in [0.15, 0.2) is 5.58 Å². The van der Waals surface area contributed by atoms with Crippen molar-refractivity contribution in [1.29, 1.82) is 0 Å². The molecule has 0 amide bonds. The highest BCUT2D eigenvalue weighted by Gasteiger charge is 2.17. The van der Waals surface area contributed by atoms with E-state index in [9.17, 15) is 0 Å². The van der Waals surface area contributed by atoms with E-state index in [0.29, 0.717) is 5.58 Å². The molecule has 0 bridgehead atoms. The van der Waals surface area contributed by atoms with Gasteiger partial charge in [0.2, 0.25) is 0 Å². The van der Waals surface area contributed by atoms with Gasteiger partial charge in [0.05, 0.1) is 11.0 Å². The summed E-state index contributed by atoms with van der Waals surface area (Å²) >= 11 is 0. The minimum atomic E-state index is 0.711. The molecule has 0 aliphatic heterocycles. The van der Waals surface area contributed by atoms with Gasteiger partial charge in [-0.3, -0.25) is 0 Å². The summed E-state index contributed by atoms with van der Waals surface area (Å²) in [7, 11) is 0. The Kier molecular flexibility index (Phi) is 4.87. The zero-order valence-electron chi connectivity index (χ0n) is 22.5. The third kappa shape index (κ3) is 3.36. The topological polar surface area (TPSA) is 43.9 Å². The van der Waals surface area contributed by atoms with E-state index in [-0.39, 0.29) is 0 Å². The smallest absolute Gasteiger partial charge is 0.180 e. The Balaban J connectivity index is 1.15. The molecule has 0 aliphatic rings. The molecule has 0 fully saturated rings. The summed E-state index contributed by atoms with van der Waals surface area (Å²) in [6.07, 6.45) is 1.63. The summed E-state index contributed by atoms with van der Waals surface area (Å²) in [5.74, 6) is 0. The van der Waals surface area contributed by atoms with Crippen molar-refractivity contribution < 1.29 is 4.42 Å². The molecule has 0 atom stereocenters. The highest BCUT2D eigenvalue weighted by atomic mass is 16.3.